The minimum absolute atomic E-state index is 0.429. The van der Waals surface area contributed by atoms with Crippen molar-refractivity contribution in [2.45, 2.75) is 36.2 Å². The maximum Gasteiger partial charge on any atom is 0.100 e. The Morgan fingerprint density at radius 2 is 1.90 bits per heavy atom. The van der Waals surface area contributed by atoms with Gasteiger partial charge in [-0.25, -0.2) is 0 Å². The van der Waals surface area contributed by atoms with Gasteiger partial charge in [0.2, 0.25) is 0 Å². The van der Waals surface area contributed by atoms with E-state index in [-0.39, 0.29) is 0 Å². The molecular formula is C17H17ClN2S. The molecule has 0 aliphatic carbocycles. The van der Waals surface area contributed by atoms with Crippen molar-refractivity contribution in [2.24, 2.45) is 0 Å². The molecule has 0 spiro atoms. The smallest absolute Gasteiger partial charge is 0.100 e. The van der Waals surface area contributed by atoms with Gasteiger partial charge in [-0.1, -0.05) is 43.3 Å². The van der Waals surface area contributed by atoms with Crippen LogP contribution in [0.4, 0.5) is 0 Å². The highest BCUT2D eigenvalue weighted by Crippen LogP contribution is 2.31. The van der Waals surface area contributed by atoms with Gasteiger partial charge in [-0.05, 0) is 42.0 Å². The maximum atomic E-state index is 9.34. The molecule has 2 rings (SSSR count). The normalized spacial score (nSPS) is 10.6. The average molecular weight is 317 g/mol. The lowest BCUT2D eigenvalue weighted by atomic mass is 10.1. The van der Waals surface area contributed by atoms with Gasteiger partial charge in [-0.2, -0.15) is 5.26 Å². The van der Waals surface area contributed by atoms with Crippen molar-refractivity contribution >= 4 is 23.4 Å². The van der Waals surface area contributed by atoms with Gasteiger partial charge in [0.1, 0.15) is 6.07 Å². The summed E-state index contributed by atoms with van der Waals surface area (Å²) < 4.78 is 0. The topological polar surface area (TPSA) is 35.8 Å². The summed E-state index contributed by atoms with van der Waals surface area (Å²) in [6.45, 7) is 4.99. The summed E-state index contributed by atoms with van der Waals surface area (Å²) in [6.07, 6.45) is 0. The van der Waals surface area contributed by atoms with Crippen molar-refractivity contribution in [2.75, 3.05) is 0 Å². The Labute approximate surface area is 135 Å². The largest absolute Gasteiger partial charge is 0.310 e. The predicted octanol–water partition coefficient (Wildman–Crippen LogP) is 4.86. The molecule has 0 saturated heterocycles. The van der Waals surface area contributed by atoms with E-state index in [1.54, 1.807) is 11.8 Å². The molecule has 2 aromatic rings. The third-order valence-electron chi connectivity index (χ3n) is 2.92. The van der Waals surface area contributed by atoms with E-state index < -0.39 is 0 Å². The molecular weight excluding hydrogens is 300 g/mol. The van der Waals surface area contributed by atoms with Crippen LogP contribution in [0.5, 0.6) is 0 Å². The second-order valence-electron chi connectivity index (χ2n) is 5.03. The minimum atomic E-state index is 0.429. The Hall–Kier alpha value is -1.47. The Morgan fingerprint density at radius 1 is 1.19 bits per heavy atom. The van der Waals surface area contributed by atoms with Crippen LogP contribution in [0.2, 0.25) is 5.02 Å². The van der Waals surface area contributed by atoms with E-state index >= 15 is 0 Å². The highest BCUT2D eigenvalue weighted by Gasteiger charge is 2.06. The summed E-state index contributed by atoms with van der Waals surface area (Å²) in [5.41, 5.74) is 1.83. The highest BCUT2D eigenvalue weighted by molar-refractivity contribution is 7.99. The quantitative estimate of drug-likeness (QED) is 0.855. The molecule has 0 aliphatic rings. The van der Waals surface area contributed by atoms with Crippen LogP contribution in [0.15, 0.2) is 52.3 Å². The number of hydrogen-bond acceptors (Lipinski definition) is 3. The summed E-state index contributed by atoms with van der Waals surface area (Å²) in [5, 5.41) is 13.4. The van der Waals surface area contributed by atoms with Crippen LogP contribution in [0.25, 0.3) is 0 Å². The zero-order valence-corrected chi connectivity index (χ0v) is 13.6. The first-order chi connectivity index (χ1) is 10.1. The van der Waals surface area contributed by atoms with Crippen molar-refractivity contribution < 1.29 is 0 Å². The van der Waals surface area contributed by atoms with Crippen LogP contribution in [-0.4, -0.2) is 6.04 Å². The van der Waals surface area contributed by atoms with E-state index in [1.165, 1.54) is 0 Å². The monoisotopic (exact) mass is 316 g/mol. The van der Waals surface area contributed by atoms with E-state index in [9.17, 15) is 5.26 Å². The zero-order chi connectivity index (χ0) is 15.2. The molecule has 0 amide bonds. The Balaban J connectivity index is 2.16. The number of rotatable bonds is 5. The molecule has 0 heterocycles. The van der Waals surface area contributed by atoms with Gasteiger partial charge in [0.05, 0.1) is 5.56 Å². The van der Waals surface area contributed by atoms with E-state index in [4.69, 9.17) is 11.6 Å². The van der Waals surface area contributed by atoms with E-state index in [0.29, 0.717) is 11.6 Å². The fourth-order valence-electron chi connectivity index (χ4n) is 1.82. The van der Waals surface area contributed by atoms with Crippen molar-refractivity contribution in [3.05, 3.63) is 58.6 Å². The van der Waals surface area contributed by atoms with Crippen LogP contribution in [0.1, 0.15) is 25.0 Å². The van der Waals surface area contributed by atoms with Crippen LogP contribution in [-0.2, 0) is 6.54 Å². The van der Waals surface area contributed by atoms with Crippen molar-refractivity contribution in [1.82, 2.24) is 5.32 Å². The zero-order valence-electron chi connectivity index (χ0n) is 12.1. The Kier molecular flexibility index (Phi) is 5.69. The van der Waals surface area contributed by atoms with Gasteiger partial charge < -0.3 is 5.32 Å². The minimum Gasteiger partial charge on any atom is -0.310 e. The van der Waals surface area contributed by atoms with Crippen molar-refractivity contribution in [3.8, 4) is 6.07 Å². The summed E-state index contributed by atoms with van der Waals surface area (Å²) in [5.74, 6) is 0. The number of halogens is 1. The molecule has 0 unspecified atom stereocenters. The number of benzene rings is 2. The molecule has 4 heteroatoms. The first-order valence-corrected chi connectivity index (χ1v) is 7.98. The second kappa shape index (κ2) is 7.51. The van der Waals surface area contributed by atoms with E-state index in [0.717, 1.165) is 26.9 Å². The average Bonchev–Trinajstić information content (AvgIpc) is 2.48. The van der Waals surface area contributed by atoms with Gasteiger partial charge in [-0.15, -0.1) is 0 Å². The summed E-state index contributed by atoms with van der Waals surface area (Å²) >= 11 is 7.46. The molecule has 0 aromatic heterocycles. The van der Waals surface area contributed by atoms with Crippen molar-refractivity contribution in [1.29, 1.82) is 5.26 Å². The predicted molar refractivity (Wildman–Crippen MR) is 88.7 cm³/mol. The molecule has 0 fully saturated rings. The van der Waals surface area contributed by atoms with Gasteiger partial charge in [0, 0.05) is 27.4 Å². The first-order valence-electron chi connectivity index (χ1n) is 6.78. The Bertz CT molecular complexity index is 645. The lowest BCUT2D eigenvalue weighted by Crippen LogP contribution is -2.21. The SMILES string of the molecule is CC(C)NCc1ccc(Sc2ccc(Cl)cc2)c(C#N)c1. The lowest BCUT2D eigenvalue weighted by Gasteiger charge is -2.10. The van der Waals surface area contributed by atoms with Crippen molar-refractivity contribution in [3.63, 3.8) is 0 Å². The van der Waals surface area contributed by atoms with Crippen LogP contribution in [0.3, 0.4) is 0 Å². The molecule has 1 N–H and O–H groups in total. The Morgan fingerprint density at radius 3 is 2.52 bits per heavy atom. The summed E-state index contributed by atoms with van der Waals surface area (Å²) in [7, 11) is 0. The number of nitriles is 1. The second-order valence-corrected chi connectivity index (χ2v) is 6.59. The molecule has 2 nitrogen and oxygen atoms in total. The maximum absolute atomic E-state index is 9.34. The molecule has 0 atom stereocenters. The number of nitrogens with one attached hydrogen (secondary N) is 1. The van der Waals surface area contributed by atoms with Gasteiger partial charge in [0.15, 0.2) is 0 Å². The van der Waals surface area contributed by atoms with Crippen LogP contribution >= 0.6 is 23.4 Å². The van der Waals surface area contributed by atoms with E-state index in [1.807, 2.05) is 36.4 Å². The molecule has 0 aliphatic heterocycles. The van der Waals surface area contributed by atoms with Gasteiger partial charge in [-0.3, -0.25) is 0 Å². The third-order valence-corrected chi connectivity index (χ3v) is 4.26. The van der Waals surface area contributed by atoms with Crippen LogP contribution in [0, 0.1) is 11.3 Å². The molecule has 108 valence electrons. The summed E-state index contributed by atoms with van der Waals surface area (Å²) in [6, 6.07) is 16.4. The molecule has 0 bridgehead atoms. The fraction of sp³-hybridized carbons (Fsp3) is 0.235. The van der Waals surface area contributed by atoms with Crippen LogP contribution < -0.4 is 5.32 Å². The fourth-order valence-corrected chi connectivity index (χ4v) is 2.82. The van der Waals surface area contributed by atoms with Gasteiger partial charge >= 0.3 is 0 Å². The third kappa shape index (κ3) is 4.78. The lowest BCUT2D eigenvalue weighted by molar-refractivity contribution is 0.588. The highest BCUT2D eigenvalue weighted by atomic mass is 35.5. The molecule has 0 radical (unpaired) electrons. The molecule has 0 saturated carbocycles. The van der Waals surface area contributed by atoms with E-state index in [2.05, 4.69) is 31.3 Å². The summed E-state index contributed by atoms with van der Waals surface area (Å²) in [4.78, 5) is 2.04. The standard InChI is InChI=1S/C17H17ClN2S/c1-12(2)20-11-13-3-8-17(14(9-13)10-19)21-16-6-4-15(18)5-7-16/h3-9,12,20H,11H2,1-2H3. The number of nitrogens with zero attached hydrogens (tertiary/aromatic N) is 1. The number of hydrogen-bond donors (Lipinski definition) is 1. The first kappa shape index (κ1) is 15.9. The molecule has 21 heavy (non-hydrogen) atoms. The molecule has 2 aromatic carbocycles. The van der Waals surface area contributed by atoms with Gasteiger partial charge in [0.25, 0.3) is 0 Å².